The molecule has 2 aliphatic heterocycles. The molecule has 2 aromatic rings. The van der Waals surface area contributed by atoms with E-state index in [-0.39, 0.29) is 24.5 Å². The average molecular weight is 619 g/mol. The molecule has 226 valence electrons. The van der Waals surface area contributed by atoms with E-state index in [9.17, 15) is 22.4 Å². The van der Waals surface area contributed by atoms with Crippen molar-refractivity contribution in [1.82, 2.24) is 24.5 Å². The lowest BCUT2D eigenvalue weighted by atomic mass is 9.93. The molecule has 4 rings (SSSR count). The number of hydrogen-bond donors (Lipinski definition) is 0. The SMILES string of the molecule is CN(C)CCCN1CCN(C(=O)N2C[C@H](c3ccc(Cl)c(Cl)c3)[C@@H](N(C)Cc3ccc(C(F)(F)F)c(F)c3)C2)CC1. The highest BCUT2D eigenvalue weighted by Gasteiger charge is 2.40. The third-order valence-corrected chi connectivity index (χ3v) is 8.73. The topological polar surface area (TPSA) is 33.3 Å². The van der Waals surface area contributed by atoms with E-state index in [1.54, 1.807) is 12.1 Å². The summed E-state index contributed by atoms with van der Waals surface area (Å²) in [5.41, 5.74) is 0.0462. The standard InChI is InChI=1S/C29H37Cl2F4N5O/c1-36(2)9-4-10-38-11-13-39(14-12-38)28(41)40-18-22(21-6-8-24(30)25(31)16-21)27(19-40)37(3)17-20-5-7-23(26(32)15-20)29(33,34)35/h5-8,15-16,22,27H,4,9-14,17-19H2,1-3H3/t22-,27+/m1/s1. The molecular formula is C29H37Cl2F4N5O. The van der Waals surface area contributed by atoms with Gasteiger partial charge in [-0.2, -0.15) is 13.2 Å². The third-order valence-electron chi connectivity index (χ3n) is 7.99. The first-order valence-electron chi connectivity index (χ1n) is 13.7. The van der Waals surface area contributed by atoms with E-state index in [0.29, 0.717) is 41.8 Å². The molecule has 41 heavy (non-hydrogen) atoms. The van der Waals surface area contributed by atoms with Crippen LogP contribution in [0.4, 0.5) is 22.4 Å². The highest BCUT2D eigenvalue weighted by atomic mass is 35.5. The van der Waals surface area contributed by atoms with Crippen LogP contribution in [-0.2, 0) is 12.7 Å². The Morgan fingerprint density at radius 3 is 2.27 bits per heavy atom. The van der Waals surface area contributed by atoms with E-state index < -0.39 is 17.6 Å². The van der Waals surface area contributed by atoms with Crippen molar-refractivity contribution in [3.05, 3.63) is 69.0 Å². The predicted molar refractivity (Wildman–Crippen MR) is 154 cm³/mol. The summed E-state index contributed by atoms with van der Waals surface area (Å²) in [6.45, 7) is 6.07. The molecule has 0 saturated carbocycles. The summed E-state index contributed by atoms with van der Waals surface area (Å²) in [5, 5.41) is 0.834. The number of halogens is 6. The van der Waals surface area contributed by atoms with Crippen LogP contribution < -0.4 is 0 Å². The van der Waals surface area contributed by atoms with Crippen molar-refractivity contribution >= 4 is 29.2 Å². The van der Waals surface area contributed by atoms with Gasteiger partial charge in [-0.15, -0.1) is 0 Å². The lowest BCUT2D eigenvalue weighted by molar-refractivity contribution is -0.140. The Kier molecular flexibility index (Phi) is 10.4. The Hall–Kier alpha value is -2.11. The maximum atomic E-state index is 14.3. The Labute approximate surface area is 249 Å². The van der Waals surface area contributed by atoms with Gasteiger partial charge in [0.05, 0.1) is 15.6 Å². The van der Waals surface area contributed by atoms with Crippen LogP contribution in [0.2, 0.25) is 10.0 Å². The molecule has 0 aromatic heterocycles. The van der Waals surface area contributed by atoms with Gasteiger partial charge in [0, 0.05) is 57.8 Å². The first-order valence-corrected chi connectivity index (χ1v) is 14.5. The van der Waals surface area contributed by atoms with E-state index in [0.717, 1.165) is 50.3 Å². The first kappa shape index (κ1) is 31.8. The molecule has 0 unspecified atom stereocenters. The number of piperazine rings is 1. The molecule has 2 aliphatic rings. The molecule has 0 bridgehead atoms. The average Bonchev–Trinajstić information content (AvgIpc) is 3.35. The maximum Gasteiger partial charge on any atom is 0.419 e. The highest BCUT2D eigenvalue weighted by molar-refractivity contribution is 6.42. The summed E-state index contributed by atoms with van der Waals surface area (Å²) in [6, 6.07) is 8.22. The van der Waals surface area contributed by atoms with Gasteiger partial charge in [0.15, 0.2) is 0 Å². The number of hydrogen-bond acceptors (Lipinski definition) is 4. The van der Waals surface area contributed by atoms with Crippen molar-refractivity contribution in [3.63, 3.8) is 0 Å². The van der Waals surface area contributed by atoms with Gasteiger partial charge < -0.3 is 14.7 Å². The fourth-order valence-electron chi connectivity index (χ4n) is 5.73. The maximum absolute atomic E-state index is 14.3. The van der Waals surface area contributed by atoms with Gasteiger partial charge in [0.2, 0.25) is 0 Å². The molecule has 2 aromatic carbocycles. The van der Waals surface area contributed by atoms with Crippen LogP contribution >= 0.6 is 23.2 Å². The normalized spacial score (nSPS) is 20.5. The molecular weight excluding hydrogens is 581 g/mol. The number of nitrogens with zero attached hydrogens (tertiary/aromatic N) is 5. The minimum Gasteiger partial charge on any atom is -0.322 e. The van der Waals surface area contributed by atoms with Crippen molar-refractivity contribution in [2.75, 3.05) is 73.5 Å². The second-order valence-corrected chi connectivity index (χ2v) is 12.1. The quantitative estimate of drug-likeness (QED) is 0.354. The van der Waals surface area contributed by atoms with Crippen LogP contribution in [0.25, 0.3) is 0 Å². The molecule has 12 heteroatoms. The number of likely N-dealkylation sites (N-methyl/N-ethyl adjacent to an activating group) is 1. The van der Waals surface area contributed by atoms with E-state index in [1.165, 1.54) is 6.07 Å². The molecule has 2 amide bonds. The van der Waals surface area contributed by atoms with E-state index in [4.69, 9.17) is 23.2 Å². The van der Waals surface area contributed by atoms with Crippen LogP contribution in [0.1, 0.15) is 29.0 Å². The molecule has 2 heterocycles. The number of benzene rings is 2. The van der Waals surface area contributed by atoms with E-state index in [2.05, 4.69) is 23.9 Å². The summed E-state index contributed by atoms with van der Waals surface area (Å²) in [5.74, 6) is -1.42. The van der Waals surface area contributed by atoms with E-state index >= 15 is 0 Å². The smallest absolute Gasteiger partial charge is 0.322 e. The van der Waals surface area contributed by atoms with Gasteiger partial charge in [-0.05, 0) is 76.0 Å². The molecule has 6 nitrogen and oxygen atoms in total. The number of alkyl halides is 3. The Morgan fingerprint density at radius 2 is 1.66 bits per heavy atom. The van der Waals surface area contributed by atoms with Crippen LogP contribution in [-0.4, -0.2) is 110 Å². The fraction of sp³-hybridized carbons (Fsp3) is 0.552. The molecule has 0 aliphatic carbocycles. The summed E-state index contributed by atoms with van der Waals surface area (Å²) >= 11 is 12.5. The number of amides is 2. The van der Waals surface area contributed by atoms with Crippen LogP contribution in [0.3, 0.4) is 0 Å². The zero-order valence-electron chi connectivity index (χ0n) is 23.6. The van der Waals surface area contributed by atoms with Crippen LogP contribution in [0.15, 0.2) is 36.4 Å². The number of urea groups is 1. The van der Waals surface area contributed by atoms with Gasteiger partial charge in [-0.25, -0.2) is 9.18 Å². The zero-order chi connectivity index (χ0) is 29.9. The molecule has 0 radical (unpaired) electrons. The van der Waals surface area contributed by atoms with Gasteiger partial charge in [0.1, 0.15) is 5.82 Å². The first-order chi connectivity index (χ1) is 19.3. The fourth-order valence-corrected chi connectivity index (χ4v) is 6.03. The Morgan fingerprint density at radius 1 is 0.951 bits per heavy atom. The molecule has 0 N–H and O–H groups in total. The summed E-state index contributed by atoms with van der Waals surface area (Å²) < 4.78 is 53.4. The largest absolute Gasteiger partial charge is 0.419 e. The zero-order valence-corrected chi connectivity index (χ0v) is 25.1. The minimum absolute atomic E-state index is 0.0283. The molecule has 2 atom stereocenters. The van der Waals surface area contributed by atoms with Gasteiger partial charge >= 0.3 is 12.2 Å². The number of likely N-dealkylation sites (tertiary alicyclic amines) is 1. The summed E-state index contributed by atoms with van der Waals surface area (Å²) in [7, 11) is 5.96. The Bertz CT molecular complexity index is 1210. The summed E-state index contributed by atoms with van der Waals surface area (Å²) in [4.78, 5) is 23.9. The third kappa shape index (κ3) is 8.04. The molecule has 2 saturated heterocycles. The van der Waals surface area contributed by atoms with Crippen molar-refractivity contribution in [1.29, 1.82) is 0 Å². The van der Waals surface area contributed by atoms with Crippen LogP contribution in [0, 0.1) is 5.82 Å². The second kappa shape index (κ2) is 13.5. The second-order valence-electron chi connectivity index (χ2n) is 11.2. The molecule has 2 fully saturated rings. The van der Waals surface area contributed by atoms with Crippen molar-refractivity contribution < 1.29 is 22.4 Å². The number of carbonyl (C=O) groups excluding carboxylic acids is 1. The van der Waals surface area contributed by atoms with Gasteiger partial charge in [-0.3, -0.25) is 9.80 Å². The highest BCUT2D eigenvalue weighted by Crippen LogP contribution is 2.36. The Balaban J connectivity index is 1.46. The lowest BCUT2D eigenvalue weighted by Gasteiger charge is -2.37. The van der Waals surface area contributed by atoms with Crippen molar-refractivity contribution in [2.24, 2.45) is 0 Å². The minimum atomic E-state index is -4.75. The predicted octanol–water partition coefficient (Wildman–Crippen LogP) is 5.74. The monoisotopic (exact) mass is 617 g/mol. The van der Waals surface area contributed by atoms with E-state index in [1.807, 2.05) is 27.8 Å². The van der Waals surface area contributed by atoms with Crippen molar-refractivity contribution in [3.8, 4) is 0 Å². The lowest BCUT2D eigenvalue weighted by Crippen LogP contribution is -2.53. The van der Waals surface area contributed by atoms with Crippen LogP contribution in [0.5, 0.6) is 0 Å². The summed E-state index contributed by atoms with van der Waals surface area (Å²) in [6.07, 6.45) is -3.67. The number of rotatable bonds is 8. The molecule has 0 spiro atoms. The number of carbonyl (C=O) groups is 1. The van der Waals surface area contributed by atoms with Gasteiger partial charge in [0.25, 0.3) is 0 Å². The van der Waals surface area contributed by atoms with Gasteiger partial charge in [-0.1, -0.05) is 35.3 Å². The van der Waals surface area contributed by atoms with Crippen molar-refractivity contribution in [2.45, 2.75) is 31.1 Å².